The smallest absolute Gasteiger partial charge is 0.161 e. The minimum absolute atomic E-state index is 0.441. The average Bonchev–Trinajstić information content (AvgIpc) is 2.49. The summed E-state index contributed by atoms with van der Waals surface area (Å²) in [5.41, 5.74) is 1.84. The summed E-state index contributed by atoms with van der Waals surface area (Å²) >= 11 is 9.42. The molecule has 2 aromatic rings. The van der Waals surface area contributed by atoms with Gasteiger partial charge in [0.05, 0.1) is 19.4 Å². The number of nitrogens with zero attached hydrogens (tertiary/aromatic N) is 1. The number of aromatic nitrogens is 1. The topological polar surface area (TPSA) is 43.4 Å². The van der Waals surface area contributed by atoms with Crippen LogP contribution in [0.5, 0.6) is 11.5 Å². The van der Waals surface area contributed by atoms with Crippen LogP contribution in [-0.2, 0) is 6.54 Å². The van der Waals surface area contributed by atoms with E-state index >= 15 is 0 Å². The van der Waals surface area contributed by atoms with E-state index in [9.17, 15) is 0 Å². The second-order valence-electron chi connectivity index (χ2n) is 4.26. The van der Waals surface area contributed by atoms with Crippen molar-refractivity contribution >= 4 is 33.2 Å². The van der Waals surface area contributed by atoms with Gasteiger partial charge in [-0.3, -0.25) is 0 Å². The highest BCUT2D eigenvalue weighted by Crippen LogP contribution is 2.29. The molecular weight excluding hydrogens is 356 g/mol. The van der Waals surface area contributed by atoms with E-state index in [2.05, 4.69) is 26.2 Å². The first-order valence-corrected chi connectivity index (χ1v) is 7.65. The third kappa shape index (κ3) is 4.25. The summed E-state index contributed by atoms with van der Waals surface area (Å²) in [5.74, 6) is 1.46. The summed E-state index contributed by atoms with van der Waals surface area (Å²) < 4.78 is 11.7. The Kier molecular flexibility index (Phi) is 5.70. The standard InChI is InChI=1S/C15H16BrClN2O2/c1-3-21-13-5-4-10(6-14(13)20-2)8-18-12-7-11(16)9-19-15(12)17/h4-7,9,18H,3,8H2,1-2H3. The maximum atomic E-state index is 6.05. The zero-order chi connectivity index (χ0) is 15.2. The van der Waals surface area contributed by atoms with Gasteiger partial charge in [0.2, 0.25) is 0 Å². The van der Waals surface area contributed by atoms with E-state index in [1.54, 1.807) is 13.3 Å². The third-order valence-corrected chi connectivity index (χ3v) is 3.55. The Bertz CT molecular complexity index is 623. The minimum atomic E-state index is 0.441. The van der Waals surface area contributed by atoms with Crippen molar-refractivity contribution in [2.24, 2.45) is 0 Å². The van der Waals surface area contributed by atoms with E-state index in [1.165, 1.54) is 0 Å². The second-order valence-corrected chi connectivity index (χ2v) is 5.54. The molecule has 0 radical (unpaired) electrons. The molecule has 1 N–H and O–H groups in total. The summed E-state index contributed by atoms with van der Waals surface area (Å²) in [5, 5.41) is 3.69. The number of hydrogen-bond acceptors (Lipinski definition) is 4. The van der Waals surface area contributed by atoms with E-state index in [1.807, 2.05) is 31.2 Å². The Morgan fingerprint density at radius 1 is 1.29 bits per heavy atom. The molecule has 0 aliphatic carbocycles. The van der Waals surface area contributed by atoms with Gasteiger partial charge in [0.15, 0.2) is 16.7 Å². The highest BCUT2D eigenvalue weighted by Gasteiger charge is 2.07. The quantitative estimate of drug-likeness (QED) is 0.758. The van der Waals surface area contributed by atoms with Crippen molar-refractivity contribution in [3.63, 3.8) is 0 Å². The van der Waals surface area contributed by atoms with Crippen LogP contribution >= 0.6 is 27.5 Å². The Morgan fingerprint density at radius 2 is 2.10 bits per heavy atom. The van der Waals surface area contributed by atoms with Gasteiger partial charge in [0.1, 0.15) is 0 Å². The first-order chi connectivity index (χ1) is 10.1. The van der Waals surface area contributed by atoms with Crippen molar-refractivity contribution in [3.8, 4) is 11.5 Å². The third-order valence-electron chi connectivity index (χ3n) is 2.82. The second kappa shape index (κ2) is 7.52. The lowest BCUT2D eigenvalue weighted by molar-refractivity contribution is 0.310. The Morgan fingerprint density at radius 3 is 2.81 bits per heavy atom. The molecule has 0 aliphatic rings. The van der Waals surface area contributed by atoms with Crippen LogP contribution in [0.1, 0.15) is 12.5 Å². The van der Waals surface area contributed by atoms with Gasteiger partial charge in [0.25, 0.3) is 0 Å². The fourth-order valence-corrected chi connectivity index (χ4v) is 2.34. The molecule has 1 heterocycles. The average molecular weight is 372 g/mol. The SMILES string of the molecule is CCOc1ccc(CNc2cc(Br)cnc2Cl)cc1OC. The lowest BCUT2D eigenvalue weighted by Crippen LogP contribution is -2.02. The molecule has 0 unspecified atom stereocenters. The van der Waals surface area contributed by atoms with Crippen molar-refractivity contribution in [1.82, 2.24) is 4.98 Å². The molecule has 2 rings (SSSR count). The molecule has 0 bridgehead atoms. The van der Waals surface area contributed by atoms with Gasteiger partial charge in [-0.2, -0.15) is 0 Å². The molecule has 0 spiro atoms. The number of ether oxygens (including phenoxy) is 2. The molecule has 21 heavy (non-hydrogen) atoms. The van der Waals surface area contributed by atoms with Crippen LogP contribution in [0.3, 0.4) is 0 Å². The van der Waals surface area contributed by atoms with Crippen molar-refractivity contribution in [1.29, 1.82) is 0 Å². The maximum Gasteiger partial charge on any atom is 0.161 e. The highest BCUT2D eigenvalue weighted by atomic mass is 79.9. The van der Waals surface area contributed by atoms with Crippen LogP contribution < -0.4 is 14.8 Å². The molecule has 0 aliphatic heterocycles. The number of hydrogen-bond donors (Lipinski definition) is 1. The summed E-state index contributed by atoms with van der Waals surface area (Å²) in [6.45, 7) is 3.16. The Labute approximate surface area is 137 Å². The Hall–Kier alpha value is -1.46. The van der Waals surface area contributed by atoms with Gasteiger partial charge in [-0.1, -0.05) is 17.7 Å². The van der Waals surface area contributed by atoms with E-state index in [-0.39, 0.29) is 0 Å². The first-order valence-electron chi connectivity index (χ1n) is 6.48. The summed E-state index contributed by atoms with van der Waals surface area (Å²) in [6.07, 6.45) is 1.66. The number of pyridine rings is 1. The van der Waals surface area contributed by atoms with Gasteiger partial charge < -0.3 is 14.8 Å². The van der Waals surface area contributed by atoms with E-state index in [0.717, 1.165) is 27.2 Å². The number of benzene rings is 1. The maximum absolute atomic E-state index is 6.05. The number of anilines is 1. The largest absolute Gasteiger partial charge is 0.493 e. The van der Waals surface area contributed by atoms with Crippen LogP contribution in [-0.4, -0.2) is 18.7 Å². The van der Waals surface area contributed by atoms with Gasteiger partial charge in [-0.05, 0) is 46.6 Å². The summed E-state index contributed by atoms with van der Waals surface area (Å²) in [4.78, 5) is 4.07. The first kappa shape index (κ1) is 15.9. The Balaban J connectivity index is 2.11. The summed E-state index contributed by atoms with van der Waals surface area (Å²) in [7, 11) is 1.63. The number of nitrogens with one attached hydrogen (secondary N) is 1. The van der Waals surface area contributed by atoms with Crippen LogP contribution in [0.25, 0.3) is 0 Å². The molecular formula is C15H16BrClN2O2. The number of halogens is 2. The number of methoxy groups -OCH3 is 1. The van der Waals surface area contributed by atoms with Crippen LogP contribution in [0.15, 0.2) is 34.9 Å². The monoisotopic (exact) mass is 370 g/mol. The van der Waals surface area contributed by atoms with Crippen molar-refractivity contribution in [2.75, 3.05) is 19.0 Å². The van der Waals surface area contributed by atoms with E-state index in [0.29, 0.717) is 18.3 Å². The minimum Gasteiger partial charge on any atom is -0.493 e. The lowest BCUT2D eigenvalue weighted by atomic mass is 10.2. The predicted octanol–water partition coefficient (Wildman–Crippen LogP) is 4.52. The predicted molar refractivity (Wildman–Crippen MR) is 88.4 cm³/mol. The molecule has 0 saturated carbocycles. The molecule has 0 saturated heterocycles. The van der Waals surface area contributed by atoms with Gasteiger partial charge in [-0.15, -0.1) is 0 Å². The molecule has 1 aromatic heterocycles. The zero-order valence-corrected chi connectivity index (χ0v) is 14.2. The van der Waals surface area contributed by atoms with Crippen LogP contribution in [0.4, 0.5) is 5.69 Å². The molecule has 112 valence electrons. The lowest BCUT2D eigenvalue weighted by Gasteiger charge is -2.12. The molecule has 0 fully saturated rings. The fourth-order valence-electron chi connectivity index (χ4n) is 1.84. The van der Waals surface area contributed by atoms with Crippen molar-refractivity contribution in [2.45, 2.75) is 13.5 Å². The molecule has 6 heteroatoms. The normalized spacial score (nSPS) is 10.3. The molecule has 0 atom stereocenters. The van der Waals surface area contributed by atoms with Crippen molar-refractivity contribution in [3.05, 3.63) is 45.7 Å². The van der Waals surface area contributed by atoms with E-state index < -0.39 is 0 Å². The number of rotatable bonds is 6. The van der Waals surface area contributed by atoms with Crippen LogP contribution in [0.2, 0.25) is 5.15 Å². The molecule has 1 aromatic carbocycles. The highest BCUT2D eigenvalue weighted by molar-refractivity contribution is 9.10. The fraction of sp³-hybridized carbons (Fsp3) is 0.267. The van der Waals surface area contributed by atoms with Gasteiger partial charge >= 0.3 is 0 Å². The molecule has 0 amide bonds. The van der Waals surface area contributed by atoms with Gasteiger partial charge in [0, 0.05) is 17.2 Å². The van der Waals surface area contributed by atoms with Gasteiger partial charge in [-0.25, -0.2) is 4.98 Å². The van der Waals surface area contributed by atoms with E-state index in [4.69, 9.17) is 21.1 Å². The zero-order valence-electron chi connectivity index (χ0n) is 11.8. The van der Waals surface area contributed by atoms with Crippen molar-refractivity contribution < 1.29 is 9.47 Å². The molecule has 4 nitrogen and oxygen atoms in total. The summed E-state index contributed by atoms with van der Waals surface area (Å²) in [6, 6.07) is 7.72. The van der Waals surface area contributed by atoms with Crippen LogP contribution in [0, 0.1) is 0 Å².